The number of ether oxygens (including phenoxy) is 4. The monoisotopic (exact) mass is 536 g/mol. The van der Waals surface area contributed by atoms with Crippen molar-refractivity contribution >= 4 is 47.8 Å². The summed E-state index contributed by atoms with van der Waals surface area (Å²) in [4.78, 5) is 90.4. The summed E-state index contributed by atoms with van der Waals surface area (Å²) in [5, 5.41) is 34.8. The lowest BCUT2D eigenvalue weighted by Crippen LogP contribution is -2.44. The van der Waals surface area contributed by atoms with Crippen LogP contribution < -0.4 is 0 Å². The fourth-order valence-electron chi connectivity index (χ4n) is 2.31. The highest BCUT2D eigenvalue weighted by Crippen LogP contribution is 2.23. The van der Waals surface area contributed by atoms with Crippen LogP contribution in [0.3, 0.4) is 0 Å². The third-order valence-corrected chi connectivity index (χ3v) is 4.33. The van der Waals surface area contributed by atoms with Crippen molar-refractivity contribution in [3.63, 3.8) is 0 Å². The Balaban J connectivity index is 5.65. The van der Waals surface area contributed by atoms with Gasteiger partial charge >= 0.3 is 47.8 Å². The van der Waals surface area contributed by atoms with E-state index in [2.05, 4.69) is 0 Å². The number of carboxylic acids is 4. The standard InChI is InChI=1S/C21H28O16/c22-13(23)1-5-17(30)34-9-21(10-35-18(31)6-2-14(24)25,11-36-19(32)7-3-15(26)27)12-37-20(33)8-4-16(28)29/h1-12H2,(H,22,23)(H,24,25)(H,26,27)(H,28,29). The summed E-state index contributed by atoms with van der Waals surface area (Å²) in [6, 6.07) is 0. The van der Waals surface area contributed by atoms with Crippen molar-refractivity contribution in [2.24, 2.45) is 5.41 Å². The van der Waals surface area contributed by atoms with E-state index in [0.717, 1.165) is 0 Å². The molecule has 0 fully saturated rings. The van der Waals surface area contributed by atoms with Gasteiger partial charge in [-0.2, -0.15) is 0 Å². The van der Waals surface area contributed by atoms with Crippen LogP contribution in [0.4, 0.5) is 0 Å². The Bertz CT molecular complexity index is 719. The van der Waals surface area contributed by atoms with Gasteiger partial charge in [-0.1, -0.05) is 0 Å². The molecular formula is C21H28O16. The van der Waals surface area contributed by atoms with Gasteiger partial charge in [-0.3, -0.25) is 38.4 Å². The lowest BCUT2D eigenvalue weighted by Gasteiger charge is -2.31. The maximum atomic E-state index is 11.9. The molecule has 0 aromatic carbocycles. The van der Waals surface area contributed by atoms with Gasteiger partial charge in [0.15, 0.2) is 0 Å². The van der Waals surface area contributed by atoms with Crippen LogP contribution in [0.2, 0.25) is 0 Å². The Morgan fingerprint density at radius 1 is 0.378 bits per heavy atom. The summed E-state index contributed by atoms with van der Waals surface area (Å²) in [7, 11) is 0. The first-order valence-electron chi connectivity index (χ1n) is 10.7. The molecule has 16 heteroatoms. The van der Waals surface area contributed by atoms with Crippen LogP contribution in [0.1, 0.15) is 51.4 Å². The van der Waals surface area contributed by atoms with Gasteiger partial charge in [0, 0.05) is 0 Å². The molecule has 0 radical (unpaired) electrons. The molecule has 0 amide bonds. The zero-order valence-corrected chi connectivity index (χ0v) is 19.7. The minimum atomic E-state index is -1.78. The highest BCUT2D eigenvalue weighted by atomic mass is 16.6. The average molecular weight is 536 g/mol. The molecule has 4 N–H and O–H groups in total. The van der Waals surface area contributed by atoms with E-state index in [4.69, 9.17) is 39.4 Å². The SMILES string of the molecule is O=C(O)CCC(=O)OCC(COC(=O)CCC(=O)O)(COC(=O)CCC(=O)O)COC(=O)CCC(=O)O. The van der Waals surface area contributed by atoms with Gasteiger partial charge in [0.1, 0.15) is 31.8 Å². The molecule has 0 unspecified atom stereocenters. The number of carbonyl (C=O) groups is 8. The quantitative estimate of drug-likeness (QED) is 0.114. The molecule has 0 aromatic heterocycles. The van der Waals surface area contributed by atoms with E-state index in [1.54, 1.807) is 0 Å². The van der Waals surface area contributed by atoms with Gasteiger partial charge in [-0.25, -0.2) is 0 Å². The van der Waals surface area contributed by atoms with Crippen molar-refractivity contribution in [1.29, 1.82) is 0 Å². The van der Waals surface area contributed by atoms with Crippen LogP contribution in [0.5, 0.6) is 0 Å². The van der Waals surface area contributed by atoms with Crippen LogP contribution in [-0.4, -0.2) is 94.6 Å². The molecule has 0 aliphatic rings. The van der Waals surface area contributed by atoms with Gasteiger partial charge in [0.25, 0.3) is 0 Å². The number of hydrogen-bond donors (Lipinski definition) is 4. The van der Waals surface area contributed by atoms with E-state index in [1.165, 1.54) is 0 Å². The highest BCUT2D eigenvalue weighted by molar-refractivity contribution is 5.78. The van der Waals surface area contributed by atoms with E-state index in [1.807, 2.05) is 0 Å². The molecule has 0 aromatic rings. The van der Waals surface area contributed by atoms with Crippen molar-refractivity contribution < 1.29 is 77.7 Å². The van der Waals surface area contributed by atoms with Crippen LogP contribution in [-0.2, 0) is 57.3 Å². The Kier molecular flexibility index (Phi) is 15.3. The highest BCUT2D eigenvalue weighted by Gasteiger charge is 2.38. The molecule has 16 nitrogen and oxygen atoms in total. The molecule has 0 saturated carbocycles. The first-order valence-corrected chi connectivity index (χ1v) is 10.7. The fourth-order valence-corrected chi connectivity index (χ4v) is 2.31. The minimum Gasteiger partial charge on any atom is -0.481 e. The lowest BCUT2D eigenvalue weighted by atomic mass is 9.92. The molecule has 0 aliphatic heterocycles. The van der Waals surface area contributed by atoms with Gasteiger partial charge in [0.05, 0.1) is 51.4 Å². The number of carboxylic acid groups (broad SMARTS) is 4. The summed E-state index contributed by atoms with van der Waals surface area (Å²) in [6.07, 6.45) is -4.54. The Hall–Kier alpha value is -4.24. The first kappa shape index (κ1) is 32.8. The van der Waals surface area contributed by atoms with Crippen molar-refractivity contribution in [2.45, 2.75) is 51.4 Å². The third kappa shape index (κ3) is 17.8. The van der Waals surface area contributed by atoms with E-state index in [-0.39, 0.29) is 0 Å². The van der Waals surface area contributed by atoms with Crippen LogP contribution in [0.15, 0.2) is 0 Å². The molecule has 0 bridgehead atoms. The van der Waals surface area contributed by atoms with E-state index in [9.17, 15) is 38.4 Å². The second-order valence-electron chi connectivity index (χ2n) is 7.72. The fraction of sp³-hybridized carbons (Fsp3) is 0.619. The van der Waals surface area contributed by atoms with E-state index in [0.29, 0.717) is 0 Å². The second kappa shape index (κ2) is 17.2. The zero-order chi connectivity index (χ0) is 28.4. The normalized spacial score (nSPS) is 10.6. The maximum Gasteiger partial charge on any atom is 0.306 e. The van der Waals surface area contributed by atoms with Crippen LogP contribution >= 0.6 is 0 Å². The van der Waals surface area contributed by atoms with Crippen molar-refractivity contribution in [1.82, 2.24) is 0 Å². The predicted molar refractivity (Wildman–Crippen MR) is 114 cm³/mol. The lowest BCUT2D eigenvalue weighted by molar-refractivity contribution is -0.172. The number of esters is 4. The van der Waals surface area contributed by atoms with Gasteiger partial charge in [-0.15, -0.1) is 0 Å². The summed E-state index contributed by atoms with van der Waals surface area (Å²) in [5.41, 5.74) is -1.78. The first-order chi connectivity index (χ1) is 17.2. The zero-order valence-electron chi connectivity index (χ0n) is 19.7. The molecule has 0 heterocycles. The Labute approximate surface area is 209 Å². The average Bonchev–Trinajstić information content (AvgIpc) is 2.82. The molecule has 0 aliphatic carbocycles. The second-order valence-corrected chi connectivity index (χ2v) is 7.72. The van der Waals surface area contributed by atoms with Gasteiger partial charge in [0.2, 0.25) is 0 Å². The van der Waals surface area contributed by atoms with Gasteiger partial charge < -0.3 is 39.4 Å². The minimum absolute atomic E-state index is 0.555. The Morgan fingerprint density at radius 2 is 0.568 bits per heavy atom. The summed E-state index contributed by atoms with van der Waals surface area (Å²) in [5.74, 6) is -9.25. The van der Waals surface area contributed by atoms with E-state index < -0.39 is 131 Å². The summed E-state index contributed by atoms with van der Waals surface area (Å²) < 4.78 is 20.0. The molecular weight excluding hydrogens is 508 g/mol. The van der Waals surface area contributed by atoms with Crippen molar-refractivity contribution in [3.8, 4) is 0 Å². The maximum absolute atomic E-state index is 11.9. The topological polar surface area (TPSA) is 254 Å². The number of carbonyl (C=O) groups excluding carboxylic acids is 4. The smallest absolute Gasteiger partial charge is 0.306 e. The molecule has 0 rings (SSSR count). The van der Waals surface area contributed by atoms with Gasteiger partial charge in [-0.05, 0) is 0 Å². The number of rotatable bonds is 20. The summed E-state index contributed by atoms with van der Waals surface area (Å²) in [6.45, 7) is -2.96. The Morgan fingerprint density at radius 3 is 0.730 bits per heavy atom. The third-order valence-electron chi connectivity index (χ3n) is 4.33. The molecule has 0 atom stereocenters. The van der Waals surface area contributed by atoms with Crippen molar-refractivity contribution in [3.05, 3.63) is 0 Å². The van der Waals surface area contributed by atoms with Crippen LogP contribution in [0, 0.1) is 5.41 Å². The molecule has 208 valence electrons. The number of hydrogen-bond acceptors (Lipinski definition) is 12. The molecule has 37 heavy (non-hydrogen) atoms. The molecule has 0 spiro atoms. The van der Waals surface area contributed by atoms with Crippen LogP contribution in [0.25, 0.3) is 0 Å². The predicted octanol–water partition coefficient (Wildman–Crippen LogP) is -0.395. The largest absolute Gasteiger partial charge is 0.481 e. The van der Waals surface area contributed by atoms with Crippen molar-refractivity contribution in [2.75, 3.05) is 26.4 Å². The number of aliphatic carboxylic acids is 4. The summed E-state index contributed by atoms with van der Waals surface area (Å²) >= 11 is 0. The molecule has 0 saturated heterocycles. The van der Waals surface area contributed by atoms with E-state index >= 15 is 0 Å².